The van der Waals surface area contributed by atoms with Gasteiger partial charge in [0.15, 0.2) is 0 Å². The van der Waals surface area contributed by atoms with Crippen molar-refractivity contribution in [2.45, 2.75) is 71.1 Å². The van der Waals surface area contributed by atoms with Crippen LogP contribution in [0.15, 0.2) is 37.0 Å². The Hall–Kier alpha value is -0.780. The standard InChI is InChI=1S/C17H30/c1-3-5-7-9-11-13-15-17-16-14-12-10-8-6-4-2/h3,11,13,16-17H,1,4-10,12,14-15H2,2H3. The van der Waals surface area contributed by atoms with Crippen molar-refractivity contribution in [1.29, 1.82) is 0 Å². The van der Waals surface area contributed by atoms with Gasteiger partial charge in [-0.2, -0.15) is 0 Å². The van der Waals surface area contributed by atoms with Crippen molar-refractivity contribution >= 4 is 0 Å². The van der Waals surface area contributed by atoms with E-state index in [1.165, 1.54) is 51.4 Å². The Balaban J connectivity index is 3.16. The normalized spacial score (nSPS) is 11.6. The molecule has 0 aliphatic rings. The summed E-state index contributed by atoms with van der Waals surface area (Å²) in [7, 11) is 0. The summed E-state index contributed by atoms with van der Waals surface area (Å²) in [5.74, 6) is 0. The quantitative estimate of drug-likeness (QED) is 0.278. The molecule has 0 saturated carbocycles. The van der Waals surface area contributed by atoms with Crippen LogP contribution >= 0.6 is 0 Å². The van der Waals surface area contributed by atoms with Crippen LogP contribution in [0.1, 0.15) is 71.1 Å². The van der Waals surface area contributed by atoms with Gasteiger partial charge in [0.05, 0.1) is 0 Å². The van der Waals surface area contributed by atoms with Crippen molar-refractivity contribution in [2.75, 3.05) is 0 Å². The van der Waals surface area contributed by atoms with Gasteiger partial charge in [-0.15, -0.1) is 6.58 Å². The van der Waals surface area contributed by atoms with E-state index in [1.54, 1.807) is 0 Å². The molecule has 0 aromatic carbocycles. The van der Waals surface area contributed by atoms with Gasteiger partial charge in [-0.3, -0.25) is 0 Å². The third kappa shape index (κ3) is 15.2. The van der Waals surface area contributed by atoms with E-state index in [0.717, 1.165) is 12.8 Å². The lowest BCUT2D eigenvalue weighted by atomic mass is 10.1. The molecule has 0 aromatic rings. The summed E-state index contributed by atoms with van der Waals surface area (Å²) in [4.78, 5) is 0. The molecule has 0 saturated heterocycles. The highest BCUT2D eigenvalue weighted by Crippen LogP contribution is 2.05. The van der Waals surface area contributed by atoms with E-state index in [1.807, 2.05) is 6.08 Å². The van der Waals surface area contributed by atoms with E-state index >= 15 is 0 Å². The van der Waals surface area contributed by atoms with Crippen LogP contribution in [0.2, 0.25) is 0 Å². The number of hydrogen-bond donors (Lipinski definition) is 0. The second-order valence-corrected chi connectivity index (χ2v) is 4.60. The molecular formula is C17H30. The summed E-state index contributed by atoms with van der Waals surface area (Å²) in [5.41, 5.74) is 0. The van der Waals surface area contributed by atoms with Crippen molar-refractivity contribution in [3.63, 3.8) is 0 Å². The van der Waals surface area contributed by atoms with Crippen LogP contribution < -0.4 is 0 Å². The van der Waals surface area contributed by atoms with Crippen LogP contribution in [0.3, 0.4) is 0 Å². The second kappa shape index (κ2) is 15.2. The van der Waals surface area contributed by atoms with Crippen molar-refractivity contribution in [1.82, 2.24) is 0 Å². The molecule has 0 heteroatoms. The smallest absolute Gasteiger partial charge is 0.0169 e. The molecule has 0 heterocycles. The maximum atomic E-state index is 3.72. The van der Waals surface area contributed by atoms with E-state index in [0.29, 0.717) is 0 Å². The van der Waals surface area contributed by atoms with E-state index in [4.69, 9.17) is 0 Å². The first-order valence-electron chi connectivity index (χ1n) is 7.32. The van der Waals surface area contributed by atoms with E-state index in [2.05, 4.69) is 37.8 Å². The fourth-order valence-corrected chi connectivity index (χ4v) is 1.75. The van der Waals surface area contributed by atoms with E-state index in [9.17, 15) is 0 Å². The lowest BCUT2D eigenvalue weighted by Gasteiger charge is -1.95. The zero-order valence-electron chi connectivity index (χ0n) is 11.7. The molecule has 0 aromatic heterocycles. The summed E-state index contributed by atoms with van der Waals surface area (Å²) in [6.45, 7) is 5.98. The molecule has 0 rings (SSSR count). The van der Waals surface area contributed by atoms with Crippen molar-refractivity contribution < 1.29 is 0 Å². The molecule has 0 spiro atoms. The van der Waals surface area contributed by atoms with Crippen molar-refractivity contribution in [2.24, 2.45) is 0 Å². The fourth-order valence-electron chi connectivity index (χ4n) is 1.75. The average molecular weight is 234 g/mol. The Kier molecular flexibility index (Phi) is 14.5. The Labute approximate surface area is 109 Å². The van der Waals surface area contributed by atoms with Gasteiger partial charge in [-0.25, -0.2) is 0 Å². The molecule has 0 atom stereocenters. The minimum atomic E-state index is 1.10. The molecular weight excluding hydrogens is 204 g/mol. The number of rotatable bonds is 12. The molecule has 0 radical (unpaired) electrons. The molecule has 0 amide bonds. The highest BCUT2D eigenvalue weighted by Gasteiger charge is 1.85. The summed E-state index contributed by atoms with van der Waals surface area (Å²) in [6, 6.07) is 0. The maximum absolute atomic E-state index is 3.72. The first kappa shape index (κ1) is 16.2. The monoisotopic (exact) mass is 234 g/mol. The van der Waals surface area contributed by atoms with Gasteiger partial charge >= 0.3 is 0 Å². The van der Waals surface area contributed by atoms with Crippen molar-refractivity contribution in [3.05, 3.63) is 37.0 Å². The summed E-state index contributed by atoms with van der Waals surface area (Å²) in [5, 5.41) is 0. The lowest BCUT2D eigenvalue weighted by Crippen LogP contribution is -1.75. The summed E-state index contributed by atoms with van der Waals surface area (Å²) in [6.07, 6.45) is 24.0. The van der Waals surface area contributed by atoms with Crippen LogP contribution in [-0.2, 0) is 0 Å². The zero-order chi connectivity index (χ0) is 12.6. The predicted molar refractivity (Wildman–Crippen MR) is 80.3 cm³/mol. The van der Waals surface area contributed by atoms with E-state index in [-0.39, 0.29) is 0 Å². The van der Waals surface area contributed by atoms with Gasteiger partial charge in [0, 0.05) is 0 Å². The Morgan fingerprint density at radius 1 is 0.706 bits per heavy atom. The SMILES string of the molecule is C=CCCCC=CCC=CCCCCCCC. The lowest BCUT2D eigenvalue weighted by molar-refractivity contribution is 0.637. The third-order valence-corrected chi connectivity index (χ3v) is 2.86. The topological polar surface area (TPSA) is 0 Å². The number of allylic oxidation sites excluding steroid dienone is 5. The maximum Gasteiger partial charge on any atom is -0.0169 e. The van der Waals surface area contributed by atoms with Crippen molar-refractivity contribution in [3.8, 4) is 0 Å². The molecule has 98 valence electrons. The van der Waals surface area contributed by atoms with Gasteiger partial charge in [0.2, 0.25) is 0 Å². The van der Waals surface area contributed by atoms with Crippen LogP contribution in [0.5, 0.6) is 0 Å². The van der Waals surface area contributed by atoms with Gasteiger partial charge < -0.3 is 0 Å². The van der Waals surface area contributed by atoms with Crippen LogP contribution in [0, 0.1) is 0 Å². The predicted octanol–water partition coefficient (Wildman–Crippen LogP) is 6.21. The van der Waals surface area contributed by atoms with Crippen LogP contribution in [-0.4, -0.2) is 0 Å². The number of unbranched alkanes of at least 4 members (excludes halogenated alkanes) is 7. The largest absolute Gasteiger partial charge is 0.103 e. The van der Waals surface area contributed by atoms with Crippen LogP contribution in [0.25, 0.3) is 0 Å². The molecule has 0 nitrogen and oxygen atoms in total. The molecule has 0 unspecified atom stereocenters. The molecule has 0 aliphatic carbocycles. The van der Waals surface area contributed by atoms with Gasteiger partial charge in [-0.05, 0) is 38.5 Å². The van der Waals surface area contributed by atoms with Gasteiger partial charge in [-0.1, -0.05) is 63.0 Å². The van der Waals surface area contributed by atoms with Crippen LogP contribution in [0.4, 0.5) is 0 Å². The molecule has 0 bridgehead atoms. The third-order valence-electron chi connectivity index (χ3n) is 2.86. The minimum Gasteiger partial charge on any atom is -0.103 e. The Morgan fingerprint density at radius 2 is 1.35 bits per heavy atom. The van der Waals surface area contributed by atoms with Gasteiger partial charge in [0.1, 0.15) is 0 Å². The minimum absolute atomic E-state index is 1.10. The summed E-state index contributed by atoms with van der Waals surface area (Å²) >= 11 is 0. The molecule has 0 aliphatic heterocycles. The van der Waals surface area contributed by atoms with E-state index < -0.39 is 0 Å². The van der Waals surface area contributed by atoms with Gasteiger partial charge in [0.25, 0.3) is 0 Å². The number of hydrogen-bond acceptors (Lipinski definition) is 0. The second-order valence-electron chi connectivity index (χ2n) is 4.60. The highest BCUT2D eigenvalue weighted by atomic mass is 13.9. The molecule has 17 heavy (non-hydrogen) atoms. The molecule has 0 N–H and O–H groups in total. The zero-order valence-corrected chi connectivity index (χ0v) is 11.7. The Morgan fingerprint density at radius 3 is 2.00 bits per heavy atom. The average Bonchev–Trinajstić information content (AvgIpc) is 2.35. The fraction of sp³-hybridized carbons (Fsp3) is 0.647. The first-order valence-corrected chi connectivity index (χ1v) is 7.32. The first-order chi connectivity index (χ1) is 8.41. The summed E-state index contributed by atoms with van der Waals surface area (Å²) < 4.78 is 0. The highest BCUT2D eigenvalue weighted by molar-refractivity contribution is 4.92. The molecule has 0 fully saturated rings. The Bertz CT molecular complexity index is 198.